The number of rotatable bonds is 5. The molecule has 0 bridgehead atoms. The number of carboxylic acids is 1. The summed E-state index contributed by atoms with van der Waals surface area (Å²) in [5.41, 5.74) is 5.11. The number of aliphatic carboxylic acids is 1. The minimum Gasteiger partial charge on any atom is -0.481 e. The number of nitrogens with zero attached hydrogens (tertiary/aromatic N) is 2. The fraction of sp³-hybridized carbons (Fsp3) is 0.360. The molecule has 0 saturated heterocycles. The quantitative estimate of drug-likeness (QED) is 0.553. The summed E-state index contributed by atoms with van der Waals surface area (Å²) in [6.07, 6.45) is -2.35. The first-order valence-electron chi connectivity index (χ1n) is 10.8. The maximum Gasteiger partial charge on any atom is 0.401 e. The molecule has 0 spiro atoms. The third kappa shape index (κ3) is 4.80. The lowest BCUT2D eigenvalue weighted by Crippen LogP contribution is -2.41. The Kier molecular flexibility index (Phi) is 6.05. The molecular formula is C25H26F3N3O2. The summed E-state index contributed by atoms with van der Waals surface area (Å²) in [5.74, 6) is -1.12. The molecule has 1 heterocycles. The van der Waals surface area contributed by atoms with Gasteiger partial charge in [0.2, 0.25) is 0 Å². The molecule has 3 aromatic rings. The first-order chi connectivity index (χ1) is 15.5. The Morgan fingerprint density at radius 2 is 1.79 bits per heavy atom. The van der Waals surface area contributed by atoms with Crippen LogP contribution in [0, 0.1) is 18.8 Å². The van der Waals surface area contributed by atoms with E-state index in [1.165, 1.54) is 0 Å². The van der Waals surface area contributed by atoms with Crippen LogP contribution in [-0.2, 0) is 11.8 Å². The molecule has 3 atom stereocenters. The van der Waals surface area contributed by atoms with Crippen LogP contribution in [0.1, 0.15) is 24.7 Å². The van der Waals surface area contributed by atoms with Crippen molar-refractivity contribution in [3.63, 3.8) is 0 Å². The number of nitrogens with one attached hydrogen (secondary N) is 1. The number of carbonyl (C=O) groups is 1. The molecule has 2 unspecified atom stereocenters. The predicted octanol–water partition coefficient (Wildman–Crippen LogP) is 5.19. The van der Waals surface area contributed by atoms with E-state index >= 15 is 0 Å². The number of imidazole rings is 1. The molecule has 8 heteroatoms. The number of benzene rings is 2. The summed E-state index contributed by atoms with van der Waals surface area (Å²) in [6.45, 7) is 2.61. The maximum absolute atomic E-state index is 12.7. The Morgan fingerprint density at radius 1 is 1.15 bits per heavy atom. The van der Waals surface area contributed by atoms with Gasteiger partial charge in [-0.15, -0.1) is 0 Å². The monoisotopic (exact) mass is 457 g/mol. The van der Waals surface area contributed by atoms with Gasteiger partial charge in [-0.05, 0) is 53.7 Å². The van der Waals surface area contributed by atoms with Crippen molar-refractivity contribution in [2.45, 2.75) is 32.5 Å². The van der Waals surface area contributed by atoms with Crippen molar-refractivity contribution in [3.8, 4) is 11.1 Å². The number of aryl methyl sites for hydroxylation is 2. The summed E-state index contributed by atoms with van der Waals surface area (Å²) >= 11 is 0. The van der Waals surface area contributed by atoms with Gasteiger partial charge in [-0.1, -0.05) is 43.3 Å². The van der Waals surface area contributed by atoms with Gasteiger partial charge in [0.1, 0.15) is 5.82 Å². The Bertz CT molecular complexity index is 1210. The normalized spacial score (nSPS) is 21.3. The molecule has 0 saturated carbocycles. The fourth-order valence-corrected chi connectivity index (χ4v) is 4.63. The van der Waals surface area contributed by atoms with Crippen LogP contribution in [0.25, 0.3) is 27.7 Å². The van der Waals surface area contributed by atoms with Crippen LogP contribution in [0.2, 0.25) is 0 Å². The van der Waals surface area contributed by atoms with Crippen LogP contribution >= 0.6 is 0 Å². The van der Waals surface area contributed by atoms with Gasteiger partial charge in [-0.2, -0.15) is 13.2 Å². The molecule has 174 valence electrons. The average Bonchev–Trinajstić information content (AvgIpc) is 3.04. The summed E-state index contributed by atoms with van der Waals surface area (Å²) in [7, 11) is 1.97. The number of carboxylic acid groups (broad SMARTS) is 1. The summed E-state index contributed by atoms with van der Waals surface area (Å²) < 4.78 is 40.1. The van der Waals surface area contributed by atoms with Gasteiger partial charge >= 0.3 is 12.1 Å². The lowest BCUT2D eigenvalue weighted by molar-refractivity contribution is -0.141. The summed E-state index contributed by atoms with van der Waals surface area (Å²) in [4.78, 5) is 16.5. The maximum atomic E-state index is 12.7. The molecule has 5 nitrogen and oxygen atoms in total. The number of hydrogen-bond acceptors (Lipinski definition) is 3. The minimum atomic E-state index is -4.32. The van der Waals surface area contributed by atoms with Gasteiger partial charge in [0.25, 0.3) is 0 Å². The molecule has 1 aromatic heterocycles. The highest BCUT2D eigenvalue weighted by atomic mass is 19.4. The molecular weight excluding hydrogens is 431 g/mol. The number of halogens is 3. The first kappa shape index (κ1) is 23.0. The summed E-state index contributed by atoms with van der Waals surface area (Å²) in [6, 6.07) is 13.0. The van der Waals surface area contributed by atoms with Crippen LogP contribution in [0.5, 0.6) is 0 Å². The Balaban J connectivity index is 1.65. The van der Waals surface area contributed by atoms with Gasteiger partial charge in [0.15, 0.2) is 0 Å². The fourth-order valence-electron chi connectivity index (χ4n) is 4.63. The van der Waals surface area contributed by atoms with E-state index in [0.717, 1.165) is 28.0 Å². The van der Waals surface area contributed by atoms with Crippen molar-refractivity contribution < 1.29 is 23.1 Å². The van der Waals surface area contributed by atoms with E-state index in [0.29, 0.717) is 17.6 Å². The van der Waals surface area contributed by atoms with E-state index in [1.54, 1.807) is 13.0 Å². The smallest absolute Gasteiger partial charge is 0.401 e. The van der Waals surface area contributed by atoms with Gasteiger partial charge in [0.05, 0.1) is 23.5 Å². The Hall–Kier alpha value is -3.13. The number of aromatic nitrogens is 2. The van der Waals surface area contributed by atoms with Crippen molar-refractivity contribution in [2.75, 3.05) is 6.54 Å². The van der Waals surface area contributed by atoms with Crippen molar-refractivity contribution in [1.82, 2.24) is 14.9 Å². The highest BCUT2D eigenvalue weighted by Gasteiger charge is 2.36. The lowest BCUT2D eigenvalue weighted by atomic mass is 9.75. The van der Waals surface area contributed by atoms with E-state index in [4.69, 9.17) is 0 Å². The van der Waals surface area contributed by atoms with E-state index in [1.807, 2.05) is 61.0 Å². The van der Waals surface area contributed by atoms with Crippen LogP contribution < -0.4 is 5.32 Å². The van der Waals surface area contributed by atoms with Crippen LogP contribution in [0.3, 0.4) is 0 Å². The van der Waals surface area contributed by atoms with Gasteiger partial charge in [0, 0.05) is 13.1 Å². The second-order valence-corrected chi connectivity index (χ2v) is 8.75. The zero-order valence-electron chi connectivity index (χ0n) is 18.6. The molecule has 1 aliphatic carbocycles. The zero-order chi connectivity index (χ0) is 23.9. The molecule has 33 heavy (non-hydrogen) atoms. The third-order valence-corrected chi connectivity index (χ3v) is 6.40. The molecule has 2 N–H and O–H groups in total. The van der Waals surface area contributed by atoms with Crippen LogP contribution in [0.4, 0.5) is 13.2 Å². The van der Waals surface area contributed by atoms with Crippen molar-refractivity contribution in [1.29, 1.82) is 0 Å². The minimum absolute atomic E-state index is 0.303. The molecule has 0 fully saturated rings. The Morgan fingerprint density at radius 3 is 2.42 bits per heavy atom. The van der Waals surface area contributed by atoms with E-state index in [-0.39, 0.29) is 5.92 Å². The molecule has 1 aliphatic rings. The second kappa shape index (κ2) is 8.67. The zero-order valence-corrected chi connectivity index (χ0v) is 18.6. The van der Waals surface area contributed by atoms with E-state index in [2.05, 4.69) is 10.3 Å². The largest absolute Gasteiger partial charge is 0.481 e. The number of hydrogen-bond donors (Lipinski definition) is 2. The lowest BCUT2D eigenvalue weighted by Gasteiger charge is -2.33. The number of fused-ring (bicyclic) bond motifs is 1. The van der Waals surface area contributed by atoms with Gasteiger partial charge in [-0.3, -0.25) is 4.79 Å². The van der Waals surface area contributed by atoms with Gasteiger partial charge in [-0.25, -0.2) is 4.98 Å². The standard InChI is InChI=1S/C25H26F3N3O2/c1-14-10-19(29-13-25(26,27)28)12-20(23(14)24(32)33)17-6-4-16(5-7-17)18-8-9-22-21(11-18)30-15(2)31(22)3/h4-9,11-12,14,19,23,29H,10,13H2,1-3H3,(H,32,33)/t14-,19?,23?/m0/s1. The average molecular weight is 457 g/mol. The SMILES string of the molecule is Cc1nc2cc(-c3ccc(C4=CC(NCC(F)(F)F)C[C@H](C)C4C(=O)O)cc3)ccc2n1C. The molecule has 0 aliphatic heterocycles. The van der Waals surface area contributed by atoms with Crippen LogP contribution in [0.15, 0.2) is 48.5 Å². The molecule has 0 amide bonds. The van der Waals surface area contributed by atoms with E-state index in [9.17, 15) is 23.1 Å². The molecule has 0 radical (unpaired) electrons. The highest BCUT2D eigenvalue weighted by Crippen LogP contribution is 2.38. The third-order valence-electron chi connectivity index (χ3n) is 6.40. The first-order valence-corrected chi connectivity index (χ1v) is 10.8. The molecule has 2 aromatic carbocycles. The highest BCUT2D eigenvalue weighted by molar-refractivity contribution is 5.89. The summed E-state index contributed by atoms with van der Waals surface area (Å²) in [5, 5.41) is 12.3. The van der Waals surface area contributed by atoms with Crippen molar-refractivity contribution in [2.24, 2.45) is 18.9 Å². The van der Waals surface area contributed by atoms with Crippen molar-refractivity contribution in [3.05, 3.63) is 59.9 Å². The van der Waals surface area contributed by atoms with Crippen LogP contribution in [-0.4, -0.2) is 39.4 Å². The second-order valence-electron chi connectivity index (χ2n) is 8.75. The van der Waals surface area contributed by atoms with E-state index < -0.39 is 30.7 Å². The predicted molar refractivity (Wildman–Crippen MR) is 122 cm³/mol. The van der Waals surface area contributed by atoms with Crippen molar-refractivity contribution >= 4 is 22.6 Å². The molecule has 4 rings (SSSR count). The number of alkyl halides is 3. The Labute approximate surface area is 189 Å². The topological polar surface area (TPSA) is 67.2 Å². The van der Waals surface area contributed by atoms with Gasteiger partial charge < -0.3 is 15.0 Å².